The van der Waals surface area contributed by atoms with Gasteiger partial charge in [-0.15, -0.1) is 0 Å². The van der Waals surface area contributed by atoms with Gasteiger partial charge in [0, 0.05) is 24.5 Å². The molecule has 16 heavy (non-hydrogen) atoms. The lowest BCUT2D eigenvalue weighted by Gasteiger charge is -2.24. The lowest BCUT2D eigenvalue weighted by atomic mass is 9.94. The van der Waals surface area contributed by atoms with Crippen LogP contribution in [0.5, 0.6) is 0 Å². The number of nitrogens with one attached hydrogen (secondary N) is 1. The Morgan fingerprint density at radius 3 is 2.81 bits per heavy atom. The number of hydrogen-bond donors (Lipinski definition) is 1. The summed E-state index contributed by atoms with van der Waals surface area (Å²) in [5.41, 5.74) is 1.30. The van der Waals surface area contributed by atoms with Gasteiger partial charge in [-0.05, 0) is 43.9 Å². The molecular weight excluding hydrogens is 200 g/mol. The van der Waals surface area contributed by atoms with E-state index < -0.39 is 0 Å². The van der Waals surface area contributed by atoms with Crippen molar-refractivity contribution >= 4 is 0 Å². The number of aromatic nitrogens is 1. The van der Waals surface area contributed by atoms with Gasteiger partial charge in [-0.2, -0.15) is 0 Å². The van der Waals surface area contributed by atoms with Gasteiger partial charge in [-0.1, -0.05) is 0 Å². The number of pyridine rings is 1. The molecule has 0 aliphatic carbocycles. The number of rotatable bonds is 3. The number of ether oxygens (including phenoxy) is 1. The van der Waals surface area contributed by atoms with Crippen LogP contribution < -0.4 is 5.32 Å². The minimum Gasteiger partial charge on any atom is -0.373 e. The highest BCUT2D eigenvalue weighted by Gasteiger charge is 2.40. The Hall–Kier alpha value is -0.930. The van der Waals surface area contributed by atoms with Crippen LogP contribution in [-0.2, 0) is 4.74 Å². The van der Waals surface area contributed by atoms with Crippen molar-refractivity contribution in [1.82, 2.24) is 10.3 Å². The van der Waals surface area contributed by atoms with Crippen molar-refractivity contribution in [3.05, 3.63) is 30.1 Å². The fraction of sp³-hybridized carbons (Fsp3) is 0.615. The van der Waals surface area contributed by atoms with E-state index in [2.05, 4.69) is 29.4 Å². The van der Waals surface area contributed by atoms with E-state index in [-0.39, 0.29) is 0 Å². The highest BCUT2D eigenvalue weighted by Crippen LogP contribution is 2.35. The highest BCUT2D eigenvalue weighted by molar-refractivity contribution is 5.14. The maximum atomic E-state index is 5.85. The second-order valence-electron chi connectivity index (χ2n) is 4.88. The molecule has 3 heteroatoms. The molecule has 1 aromatic heterocycles. The summed E-state index contributed by atoms with van der Waals surface area (Å²) in [5, 5.41) is 3.67. The van der Waals surface area contributed by atoms with Crippen LogP contribution in [0.4, 0.5) is 0 Å². The molecule has 0 spiro atoms. The summed E-state index contributed by atoms with van der Waals surface area (Å²) in [7, 11) is 0. The zero-order valence-electron chi connectivity index (χ0n) is 9.60. The van der Waals surface area contributed by atoms with Gasteiger partial charge in [0.25, 0.3) is 0 Å². The third kappa shape index (κ3) is 1.85. The molecule has 2 aliphatic rings. The van der Waals surface area contributed by atoms with Gasteiger partial charge in [0.1, 0.15) is 0 Å². The molecule has 0 saturated carbocycles. The van der Waals surface area contributed by atoms with Crippen LogP contribution >= 0.6 is 0 Å². The molecule has 2 aliphatic heterocycles. The van der Waals surface area contributed by atoms with Crippen LogP contribution in [0.15, 0.2) is 24.5 Å². The fourth-order valence-electron chi connectivity index (χ4n) is 2.88. The summed E-state index contributed by atoms with van der Waals surface area (Å²) in [6.07, 6.45) is 8.34. The first-order chi connectivity index (χ1) is 7.83. The van der Waals surface area contributed by atoms with Gasteiger partial charge in [-0.25, -0.2) is 0 Å². The summed E-state index contributed by atoms with van der Waals surface area (Å²) in [4.78, 5) is 4.05. The number of hydrogen-bond acceptors (Lipinski definition) is 3. The molecule has 3 heterocycles. The van der Waals surface area contributed by atoms with Gasteiger partial charge in [0.2, 0.25) is 0 Å². The van der Waals surface area contributed by atoms with Gasteiger partial charge in [-0.3, -0.25) is 4.98 Å². The quantitative estimate of drug-likeness (QED) is 0.843. The molecule has 1 aromatic rings. The lowest BCUT2D eigenvalue weighted by Crippen LogP contribution is -2.38. The molecular formula is C13H18N2O. The summed E-state index contributed by atoms with van der Waals surface area (Å²) in [5.74, 6) is 0. The normalized spacial score (nSPS) is 34.2. The first kappa shape index (κ1) is 10.2. The Labute approximate surface area is 96.2 Å². The minimum atomic E-state index is 0.385. The molecule has 3 rings (SSSR count). The molecule has 2 saturated heterocycles. The van der Waals surface area contributed by atoms with E-state index in [9.17, 15) is 0 Å². The van der Waals surface area contributed by atoms with E-state index in [1.807, 2.05) is 12.4 Å². The molecule has 3 nitrogen and oxygen atoms in total. The molecule has 0 radical (unpaired) electrons. The fourth-order valence-corrected chi connectivity index (χ4v) is 2.88. The highest BCUT2D eigenvalue weighted by atomic mass is 16.5. The monoisotopic (exact) mass is 218 g/mol. The molecule has 4 atom stereocenters. The predicted octanol–water partition coefficient (Wildman–Crippen LogP) is 2.05. The van der Waals surface area contributed by atoms with E-state index >= 15 is 0 Å². The Balaban J connectivity index is 1.63. The van der Waals surface area contributed by atoms with Crippen LogP contribution in [-0.4, -0.2) is 23.2 Å². The molecule has 2 bridgehead atoms. The van der Waals surface area contributed by atoms with Crippen LogP contribution in [0.1, 0.15) is 37.8 Å². The Kier molecular flexibility index (Phi) is 2.65. The molecule has 0 amide bonds. The van der Waals surface area contributed by atoms with Crippen molar-refractivity contribution in [3.63, 3.8) is 0 Å². The van der Waals surface area contributed by atoms with Gasteiger partial charge in [0.05, 0.1) is 12.2 Å². The number of fused-ring (bicyclic) bond motifs is 2. The standard InChI is InChI=1S/C13H18N2O/c1-9(10-4-6-14-7-5-10)15-12-8-11-2-3-13(12)16-11/h4-7,9,11-13,15H,2-3,8H2,1H3. The zero-order chi connectivity index (χ0) is 11.0. The van der Waals surface area contributed by atoms with E-state index in [1.165, 1.54) is 24.8 Å². The maximum Gasteiger partial charge on any atom is 0.0733 e. The van der Waals surface area contributed by atoms with Crippen molar-refractivity contribution in [2.75, 3.05) is 0 Å². The molecule has 86 valence electrons. The largest absolute Gasteiger partial charge is 0.373 e. The van der Waals surface area contributed by atoms with Crippen molar-refractivity contribution in [1.29, 1.82) is 0 Å². The molecule has 2 fully saturated rings. The third-order valence-electron chi connectivity index (χ3n) is 3.78. The van der Waals surface area contributed by atoms with Crippen LogP contribution in [0.2, 0.25) is 0 Å². The molecule has 4 unspecified atom stereocenters. The van der Waals surface area contributed by atoms with Crippen molar-refractivity contribution < 1.29 is 4.74 Å². The van der Waals surface area contributed by atoms with Crippen LogP contribution in [0.25, 0.3) is 0 Å². The van der Waals surface area contributed by atoms with E-state index in [1.54, 1.807) is 0 Å². The van der Waals surface area contributed by atoms with Crippen molar-refractivity contribution in [2.45, 2.75) is 50.5 Å². The second kappa shape index (κ2) is 4.15. The Bertz CT molecular complexity index is 354. The third-order valence-corrected chi connectivity index (χ3v) is 3.78. The summed E-state index contributed by atoms with van der Waals surface area (Å²) in [6.45, 7) is 2.21. The SMILES string of the molecule is CC(NC1CC2CCC1O2)c1ccncc1. The van der Waals surface area contributed by atoms with E-state index in [4.69, 9.17) is 4.74 Å². The molecule has 1 N–H and O–H groups in total. The van der Waals surface area contributed by atoms with Crippen LogP contribution in [0.3, 0.4) is 0 Å². The van der Waals surface area contributed by atoms with E-state index in [0.29, 0.717) is 24.3 Å². The van der Waals surface area contributed by atoms with Gasteiger partial charge < -0.3 is 10.1 Å². The zero-order valence-corrected chi connectivity index (χ0v) is 9.60. The summed E-state index contributed by atoms with van der Waals surface area (Å²) in [6, 6.07) is 5.08. The first-order valence-electron chi connectivity index (χ1n) is 6.14. The molecule has 0 aromatic carbocycles. The minimum absolute atomic E-state index is 0.385. The average Bonchev–Trinajstić information content (AvgIpc) is 2.92. The van der Waals surface area contributed by atoms with Gasteiger partial charge in [0.15, 0.2) is 0 Å². The summed E-state index contributed by atoms with van der Waals surface area (Å²) < 4.78 is 5.85. The first-order valence-corrected chi connectivity index (χ1v) is 6.14. The Morgan fingerprint density at radius 2 is 2.19 bits per heavy atom. The van der Waals surface area contributed by atoms with Gasteiger partial charge >= 0.3 is 0 Å². The van der Waals surface area contributed by atoms with Crippen molar-refractivity contribution in [2.24, 2.45) is 0 Å². The lowest BCUT2D eigenvalue weighted by molar-refractivity contribution is 0.0962. The van der Waals surface area contributed by atoms with Crippen LogP contribution in [0, 0.1) is 0 Å². The van der Waals surface area contributed by atoms with Crippen molar-refractivity contribution in [3.8, 4) is 0 Å². The maximum absolute atomic E-state index is 5.85. The Morgan fingerprint density at radius 1 is 1.38 bits per heavy atom. The topological polar surface area (TPSA) is 34.1 Å². The smallest absolute Gasteiger partial charge is 0.0733 e. The summed E-state index contributed by atoms with van der Waals surface area (Å²) >= 11 is 0. The van der Waals surface area contributed by atoms with E-state index in [0.717, 1.165) is 0 Å². The average molecular weight is 218 g/mol. The number of nitrogens with zero attached hydrogens (tertiary/aromatic N) is 1. The second-order valence-corrected chi connectivity index (χ2v) is 4.88. The predicted molar refractivity (Wildman–Crippen MR) is 62.1 cm³/mol.